The third-order valence-corrected chi connectivity index (χ3v) is 4.74. The molecule has 0 unspecified atom stereocenters. The molecule has 0 amide bonds. The van der Waals surface area contributed by atoms with E-state index in [0.29, 0.717) is 0 Å². The van der Waals surface area contributed by atoms with E-state index in [2.05, 4.69) is 81.5 Å². The maximum Gasteiger partial charge on any atom is 0.169 e. The van der Waals surface area contributed by atoms with Crippen LogP contribution in [0.5, 0.6) is 0 Å². The number of hydrogen-bond donors (Lipinski definition) is 0. The Balaban J connectivity index is 1.82. The van der Waals surface area contributed by atoms with Crippen LogP contribution in [0.3, 0.4) is 0 Å². The SMILES string of the molecule is c1ccc(-c2nnc(-c3cccc4ccccc34)n2-c2ccccc2)cc1. The molecule has 1 aromatic heterocycles. The highest BCUT2D eigenvalue weighted by atomic mass is 15.3. The first-order valence-corrected chi connectivity index (χ1v) is 8.96. The van der Waals surface area contributed by atoms with Gasteiger partial charge in [0.15, 0.2) is 11.6 Å². The number of rotatable bonds is 3. The molecule has 0 N–H and O–H groups in total. The zero-order valence-electron chi connectivity index (χ0n) is 14.7. The first kappa shape index (κ1) is 15.5. The van der Waals surface area contributed by atoms with Gasteiger partial charge in [0.25, 0.3) is 0 Å². The van der Waals surface area contributed by atoms with Crippen LogP contribution < -0.4 is 0 Å². The number of benzene rings is 4. The molecule has 5 rings (SSSR count). The maximum absolute atomic E-state index is 4.60. The van der Waals surface area contributed by atoms with E-state index in [-0.39, 0.29) is 0 Å². The molecule has 0 spiro atoms. The molecule has 1 heterocycles. The summed E-state index contributed by atoms with van der Waals surface area (Å²) in [7, 11) is 0. The third-order valence-electron chi connectivity index (χ3n) is 4.74. The Hall–Kier alpha value is -3.72. The Morgan fingerprint density at radius 2 is 1.15 bits per heavy atom. The van der Waals surface area contributed by atoms with Crippen molar-refractivity contribution in [1.29, 1.82) is 0 Å². The molecule has 0 aliphatic carbocycles. The van der Waals surface area contributed by atoms with Crippen LogP contribution in [0.25, 0.3) is 39.2 Å². The van der Waals surface area contributed by atoms with Gasteiger partial charge in [-0.2, -0.15) is 0 Å². The summed E-state index contributed by atoms with van der Waals surface area (Å²) in [6.45, 7) is 0. The van der Waals surface area contributed by atoms with Gasteiger partial charge in [-0.05, 0) is 22.9 Å². The number of para-hydroxylation sites is 1. The highest BCUT2D eigenvalue weighted by molar-refractivity contribution is 5.95. The fraction of sp³-hybridized carbons (Fsp3) is 0. The minimum absolute atomic E-state index is 0.838. The van der Waals surface area contributed by atoms with Gasteiger partial charge in [0.1, 0.15) is 0 Å². The summed E-state index contributed by atoms with van der Waals surface area (Å²) in [5.41, 5.74) is 3.16. The van der Waals surface area contributed by atoms with Crippen molar-refractivity contribution in [2.75, 3.05) is 0 Å². The van der Waals surface area contributed by atoms with Crippen molar-refractivity contribution in [2.24, 2.45) is 0 Å². The van der Waals surface area contributed by atoms with Gasteiger partial charge in [-0.25, -0.2) is 0 Å². The summed E-state index contributed by atoms with van der Waals surface area (Å²) in [4.78, 5) is 0. The number of hydrogen-bond acceptors (Lipinski definition) is 2. The Morgan fingerprint density at radius 1 is 0.519 bits per heavy atom. The number of aromatic nitrogens is 3. The highest BCUT2D eigenvalue weighted by Crippen LogP contribution is 2.32. The molecule has 27 heavy (non-hydrogen) atoms. The molecule has 128 valence electrons. The molecule has 0 bridgehead atoms. The molecule has 0 atom stereocenters. The van der Waals surface area contributed by atoms with Gasteiger partial charge < -0.3 is 0 Å². The molecule has 0 aliphatic heterocycles. The van der Waals surface area contributed by atoms with E-state index in [0.717, 1.165) is 28.5 Å². The van der Waals surface area contributed by atoms with Gasteiger partial charge in [-0.1, -0.05) is 91.0 Å². The van der Waals surface area contributed by atoms with E-state index in [1.54, 1.807) is 0 Å². The van der Waals surface area contributed by atoms with Crippen molar-refractivity contribution in [2.45, 2.75) is 0 Å². The summed E-state index contributed by atoms with van der Waals surface area (Å²) in [5.74, 6) is 1.68. The second-order valence-electron chi connectivity index (χ2n) is 6.41. The third kappa shape index (κ3) is 2.70. The Morgan fingerprint density at radius 3 is 1.96 bits per heavy atom. The Bertz CT molecular complexity index is 1200. The van der Waals surface area contributed by atoms with E-state index in [4.69, 9.17) is 0 Å². The average Bonchev–Trinajstić information content (AvgIpc) is 3.19. The summed E-state index contributed by atoms with van der Waals surface area (Å²) in [6, 6.07) is 35.2. The molecule has 0 saturated carbocycles. The van der Waals surface area contributed by atoms with Crippen LogP contribution in [0.1, 0.15) is 0 Å². The predicted molar refractivity (Wildman–Crippen MR) is 110 cm³/mol. The van der Waals surface area contributed by atoms with Gasteiger partial charge in [-0.15, -0.1) is 10.2 Å². The summed E-state index contributed by atoms with van der Waals surface area (Å²) >= 11 is 0. The maximum atomic E-state index is 4.60. The monoisotopic (exact) mass is 347 g/mol. The van der Waals surface area contributed by atoms with E-state index in [1.165, 1.54) is 10.8 Å². The van der Waals surface area contributed by atoms with E-state index in [9.17, 15) is 0 Å². The minimum atomic E-state index is 0.838. The van der Waals surface area contributed by atoms with Gasteiger partial charge >= 0.3 is 0 Å². The van der Waals surface area contributed by atoms with E-state index in [1.807, 2.05) is 36.4 Å². The molecule has 0 radical (unpaired) electrons. The number of fused-ring (bicyclic) bond motifs is 1. The average molecular weight is 347 g/mol. The normalized spacial score (nSPS) is 11.0. The fourth-order valence-electron chi connectivity index (χ4n) is 3.47. The quantitative estimate of drug-likeness (QED) is 0.416. The van der Waals surface area contributed by atoms with Gasteiger partial charge in [-0.3, -0.25) is 4.57 Å². The summed E-state index contributed by atoms with van der Waals surface area (Å²) in [5, 5.41) is 11.5. The fourth-order valence-corrected chi connectivity index (χ4v) is 3.47. The standard InChI is InChI=1S/C24H17N3/c1-3-11-19(12-4-1)23-25-26-24(27(23)20-14-5-2-6-15-20)22-17-9-13-18-10-7-8-16-21(18)22/h1-17H. The largest absolute Gasteiger partial charge is 0.275 e. The Kier molecular flexibility index (Phi) is 3.76. The molecule has 5 aromatic rings. The lowest BCUT2D eigenvalue weighted by molar-refractivity contribution is 1.07. The topological polar surface area (TPSA) is 30.7 Å². The predicted octanol–water partition coefficient (Wildman–Crippen LogP) is 5.75. The van der Waals surface area contributed by atoms with Gasteiger partial charge in [0, 0.05) is 16.8 Å². The van der Waals surface area contributed by atoms with Crippen LogP contribution in [0.2, 0.25) is 0 Å². The minimum Gasteiger partial charge on any atom is -0.275 e. The van der Waals surface area contributed by atoms with Crippen molar-refractivity contribution in [3.8, 4) is 28.5 Å². The van der Waals surface area contributed by atoms with Crippen LogP contribution in [0.4, 0.5) is 0 Å². The van der Waals surface area contributed by atoms with Crippen LogP contribution in [-0.2, 0) is 0 Å². The van der Waals surface area contributed by atoms with Crippen LogP contribution >= 0.6 is 0 Å². The first-order chi connectivity index (χ1) is 13.4. The second-order valence-corrected chi connectivity index (χ2v) is 6.41. The molecule has 3 nitrogen and oxygen atoms in total. The zero-order valence-corrected chi connectivity index (χ0v) is 14.7. The van der Waals surface area contributed by atoms with Crippen molar-refractivity contribution in [3.63, 3.8) is 0 Å². The molecule has 0 aliphatic rings. The van der Waals surface area contributed by atoms with E-state index >= 15 is 0 Å². The molecule has 3 heteroatoms. The van der Waals surface area contributed by atoms with Crippen LogP contribution in [0, 0.1) is 0 Å². The molecule has 0 fully saturated rings. The lowest BCUT2D eigenvalue weighted by Crippen LogP contribution is -2.00. The summed E-state index contributed by atoms with van der Waals surface area (Å²) in [6.07, 6.45) is 0. The first-order valence-electron chi connectivity index (χ1n) is 8.96. The Labute approximate surface area is 157 Å². The van der Waals surface area contributed by atoms with E-state index < -0.39 is 0 Å². The van der Waals surface area contributed by atoms with Gasteiger partial charge in [0.2, 0.25) is 0 Å². The van der Waals surface area contributed by atoms with Gasteiger partial charge in [0.05, 0.1) is 0 Å². The van der Waals surface area contributed by atoms with Crippen molar-refractivity contribution < 1.29 is 0 Å². The summed E-state index contributed by atoms with van der Waals surface area (Å²) < 4.78 is 2.14. The molecule has 0 saturated heterocycles. The molecular weight excluding hydrogens is 330 g/mol. The highest BCUT2D eigenvalue weighted by Gasteiger charge is 2.18. The number of nitrogens with zero attached hydrogens (tertiary/aromatic N) is 3. The van der Waals surface area contributed by atoms with Crippen molar-refractivity contribution >= 4 is 10.8 Å². The lowest BCUT2D eigenvalue weighted by atomic mass is 10.0. The second kappa shape index (κ2) is 6.54. The van der Waals surface area contributed by atoms with Crippen LogP contribution in [0.15, 0.2) is 103 Å². The lowest BCUT2D eigenvalue weighted by Gasteiger charge is -2.12. The van der Waals surface area contributed by atoms with Crippen LogP contribution in [-0.4, -0.2) is 14.8 Å². The van der Waals surface area contributed by atoms with Crippen molar-refractivity contribution in [1.82, 2.24) is 14.8 Å². The molecular formula is C24H17N3. The molecule has 4 aromatic carbocycles. The zero-order chi connectivity index (χ0) is 18.1. The van der Waals surface area contributed by atoms with Crippen molar-refractivity contribution in [3.05, 3.63) is 103 Å². The smallest absolute Gasteiger partial charge is 0.169 e.